The van der Waals surface area contributed by atoms with Gasteiger partial charge in [0.1, 0.15) is 0 Å². The Morgan fingerprint density at radius 2 is 1.63 bits per heavy atom. The molecular formula is C18H17N. The molecule has 0 aliphatic rings. The lowest BCUT2D eigenvalue weighted by atomic mass is 10.1. The van der Waals surface area contributed by atoms with E-state index in [1.165, 1.54) is 27.6 Å². The van der Waals surface area contributed by atoms with Crippen molar-refractivity contribution in [2.45, 2.75) is 13.5 Å². The molecule has 0 heterocycles. The van der Waals surface area contributed by atoms with Gasteiger partial charge in [0.2, 0.25) is 0 Å². The molecule has 0 bridgehead atoms. The van der Waals surface area contributed by atoms with E-state index in [9.17, 15) is 0 Å². The van der Waals surface area contributed by atoms with Gasteiger partial charge in [-0.1, -0.05) is 60.2 Å². The zero-order chi connectivity index (χ0) is 13.1. The second-order valence-corrected chi connectivity index (χ2v) is 4.90. The van der Waals surface area contributed by atoms with Crippen molar-refractivity contribution < 1.29 is 0 Å². The van der Waals surface area contributed by atoms with E-state index in [0.29, 0.717) is 0 Å². The number of aryl methyl sites for hydroxylation is 1. The van der Waals surface area contributed by atoms with E-state index in [1.807, 2.05) is 0 Å². The van der Waals surface area contributed by atoms with Gasteiger partial charge >= 0.3 is 0 Å². The van der Waals surface area contributed by atoms with Crippen LogP contribution in [0.25, 0.3) is 10.8 Å². The molecule has 0 aromatic heterocycles. The number of anilines is 1. The number of nitrogens with one attached hydrogen (secondary N) is 1. The van der Waals surface area contributed by atoms with E-state index >= 15 is 0 Å². The molecule has 0 aliphatic carbocycles. The van der Waals surface area contributed by atoms with Gasteiger partial charge in [-0.2, -0.15) is 0 Å². The molecule has 0 fully saturated rings. The third-order valence-electron chi connectivity index (χ3n) is 3.33. The fourth-order valence-corrected chi connectivity index (χ4v) is 2.33. The molecule has 0 saturated heterocycles. The molecule has 19 heavy (non-hydrogen) atoms. The van der Waals surface area contributed by atoms with Gasteiger partial charge in [0, 0.05) is 12.2 Å². The second kappa shape index (κ2) is 5.15. The number of fused-ring (bicyclic) bond motifs is 1. The van der Waals surface area contributed by atoms with E-state index < -0.39 is 0 Å². The van der Waals surface area contributed by atoms with Crippen LogP contribution in [0.2, 0.25) is 0 Å². The Morgan fingerprint density at radius 3 is 2.47 bits per heavy atom. The second-order valence-electron chi connectivity index (χ2n) is 4.90. The van der Waals surface area contributed by atoms with Crippen LogP contribution in [0.5, 0.6) is 0 Å². The molecular weight excluding hydrogens is 230 g/mol. The van der Waals surface area contributed by atoms with Crippen molar-refractivity contribution in [3.8, 4) is 0 Å². The highest BCUT2D eigenvalue weighted by Crippen LogP contribution is 2.19. The summed E-state index contributed by atoms with van der Waals surface area (Å²) in [5.74, 6) is 0. The van der Waals surface area contributed by atoms with Crippen molar-refractivity contribution >= 4 is 16.5 Å². The standard InChI is InChI=1S/C18H17N/c1-14-5-4-6-15(11-14)13-19-18-10-9-16-7-2-3-8-17(16)12-18/h2-12,19H,13H2,1H3. The molecule has 94 valence electrons. The zero-order valence-corrected chi connectivity index (χ0v) is 11.1. The summed E-state index contributed by atoms with van der Waals surface area (Å²) in [7, 11) is 0. The number of hydrogen-bond donors (Lipinski definition) is 1. The maximum absolute atomic E-state index is 3.48. The quantitative estimate of drug-likeness (QED) is 0.703. The fraction of sp³-hybridized carbons (Fsp3) is 0.111. The molecule has 3 aromatic carbocycles. The summed E-state index contributed by atoms with van der Waals surface area (Å²) < 4.78 is 0. The highest BCUT2D eigenvalue weighted by molar-refractivity contribution is 5.85. The van der Waals surface area contributed by atoms with Gasteiger partial charge < -0.3 is 5.32 Å². The molecule has 0 atom stereocenters. The Morgan fingerprint density at radius 1 is 0.789 bits per heavy atom. The Kier molecular flexibility index (Phi) is 3.20. The lowest BCUT2D eigenvalue weighted by molar-refractivity contribution is 1.14. The van der Waals surface area contributed by atoms with Crippen LogP contribution in [-0.4, -0.2) is 0 Å². The Bertz CT molecular complexity index is 701. The van der Waals surface area contributed by atoms with Crippen LogP contribution in [0.15, 0.2) is 66.7 Å². The third-order valence-corrected chi connectivity index (χ3v) is 3.33. The fourth-order valence-electron chi connectivity index (χ4n) is 2.33. The minimum absolute atomic E-state index is 0.861. The van der Waals surface area contributed by atoms with Crippen molar-refractivity contribution in [1.29, 1.82) is 0 Å². The monoisotopic (exact) mass is 247 g/mol. The Labute approximate surface area is 113 Å². The highest BCUT2D eigenvalue weighted by Gasteiger charge is 1.97. The lowest BCUT2D eigenvalue weighted by Crippen LogP contribution is -1.99. The van der Waals surface area contributed by atoms with Gasteiger partial charge in [-0.3, -0.25) is 0 Å². The SMILES string of the molecule is Cc1cccc(CNc2ccc3ccccc3c2)c1. The average Bonchev–Trinajstić information content (AvgIpc) is 2.45. The van der Waals surface area contributed by atoms with Crippen LogP contribution in [0, 0.1) is 6.92 Å². The largest absolute Gasteiger partial charge is 0.381 e. The van der Waals surface area contributed by atoms with Crippen LogP contribution < -0.4 is 5.32 Å². The first-order chi connectivity index (χ1) is 9.31. The van der Waals surface area contributed by atoms with Crippen LogP contribution in [0.1, 0.15) is 11.1 Å². The van der Waals surface area contributed by atoms with Crippen LogP contribution >= 0.6 is 0 Å². The van der Waals surface area contributed by atoms with Crippen LogP contribution in [0.3, 0.4) is 0 Å². The molecule has 0 radical (unpaired) electrons. The van der Waals surface area contributed by atoms with Gasteiger partial charge in [0.15, 0.2) is 0 Å². The normalized spacial score (nSPS) is 10.6. The number of benzene rings is 3. The summed E-state index contributed by atoms with van der Waals surface area (Å²) >= 11 is 0. The third kappa shape index (κ3) is 2.76. The summed E-state index contributed by atoms with van der Waals surface area (Å²) in [5, 5.41) is 6.04. The average molecular weight is 247 g/mol. The van der Waals surface area contributed by atoms with Gasteiger partial charge in [-0.05, 0) is 35.4 Å². The molecule has 0 spiro atoms. The van der Waals surface area contributed by atoms with E-state index in [4.69, 9.17) is 0 Å². The van der Waals surface area contributed by atoms with Crippen molar-refractivity contribution in [1.82, 2.24) is 0 Å². The molecule has 0 aliphatic heterocycles. The first-order valence-electron chi connectivity index (χ1n) is 6.59. The summed E-state index contributed by atoms with van der Waals surface area (Å²) in [6.45, 7) is 2.99. The van der Waals surface area contributed by atoms with Crippen LogP contribution in [0.4, 0.5) is 5.69 Å². The van der Waals surface area contributed by atoms with E-state index in [1.54, 1.807) is 0 Å². The van der Waals surface area contributed by atoms with Crippen molar-refractivity contribution in [2.75, 3.05) is 5.32 Å². The van der Waals surface area contributed by atoms with E-state index in [0.717, 1.165) is 6.54 Å². The minimum atomic E-state index is 0.861. The van der Waals surface area contributed by atoms with E-state index in [-0.39, 0.29) is 0 Å². The summed E-state index contributed by atoms with van der Waals surface area (Å²) in [4.78, 5) is 0. The van der Waals surface area contributed by atoms with Crippen molar-refractivity contribution in [3.05, 3.63) is 77.9 Å². The smallest absolute Gasteiger partial charge is 0.0400 e. The first-order valence-corrected chi connectivity index (χ1v) is 6.59. The number of rotatable bonds is 3. The summed E-state index contributed by atoms with van der Waals surface area (Å²) in [5.41, 5.74) is 3.78. The van der Waals surface area contributed by atoms with Gasteiger partial charge in [0.05, 0.1) is 0 Å². The molecule has 0 amide bonds. The predicted octanol–water partition coefficient (Wildman–Crippen LogP) is 4.76. The molecule has 1 N–H and O–H groups in total. The van der Waals surface area contributed by atoms with Gasteiger partial charge in [-0.15, -0.1) is 0 Å². The van der Waals surface area contributed by atoms with Crippen molar-refractivity contribution in [2.24, 2.45) is 0 Å². The predicted molar refractivity (Wildman–Crippen MR) is 82.5 cm³/mol. The minimum Gasteiger partial charge on any atom is -0.381 e. The molecule has 1 heteroatoms. The van der Waals surface area contributed by atoms with Gasteiger partial charge in [0.25, 0.3) is 0 Å². The number of hydrogen-bond acceptors (Lipinski definition) is 1. The van der Waals surface area contributed by atoms with E-state index in [2.05, 4.69) is 79.0 Å². The highest BCUT2D eigenvalue weighted by atomic mass is 14.9. The summed E-state index contributed by atoms with van der Waals surface area (Å²) in [6, 6.07) is 23.5. The van der Waals surface area contributed by atoms with Crippen LogP contribution in [-0.2, 0) is 6.54 Å². The maximum atomic E-state index is 3.48. The topological polar surface area (TPSA) is 12.0 Å². The first kappa shape index (κ1) is 11.8. The Hall–Kier alpha value is -2.28. The molecule has 0 saturated carbocycles. The molecule has 1 nitrogen and oxygen atoms in total. The van der Waals surface area contributed by atoms with Gasteiger partial charge in [-0.25, -0.2) is 0 Å². The maximum Gasteiger partial charge on any atom is 0.0400 e. The summed E-state index contributed by atoms with van der Waals surface area (Å²) in [6.07, 6.45) is 0. The molecule has 0 unspecified atom stereocenters. The lowest BCUT2D eigenvalue weighted by Gasteiger charge is -2.08. The molecule has 3 aromatic rings. The Balaban J connectivity index is 1.78. The van der Waals surface area contributed by atoms with Crippen molar-refractivity contribution in [3.63, 3.8) is 0 Å². The molecule has 3 rings (SSSR count). The zero-order valence-electron chi connectivity index (χ0n) is 11.1.